The number of nitriles is 1. The van der Waals surface area contributed by atoms with E-state index in [1.165, 1.54) is 0 Å². The fourth-order valence-electron chi connectivity index (χ4n) is 4.14. The molecule has 0 atom stereocenters. The molecule has 0 aliphatic carbocycles. The van der Waals surface area contributed by atoms with Crippen LogP contribution in [0.2, 0.25) is 0 Å². The van der Waals surface area contributed by atoms with Gasteiger partial charge in [-0.2, -0.15) is 5.26 Å². The molecule has 3 aromatic rings. The van der Waals surface area contributed by atoms with Gasteiger partial charge in [0.2, 0.25) is 6.79 Å². The Hall–Kier alpha value is -4.04. The van der Waals surface area contributed by atoms with Crippen LogP contribution in [-0.2, 0) is 5.41 Å². The maximum atomic E-state index is 10.1. The smallest absolute Gasteiger partial charge is 0.231 e. The molecule has 2 N–H and O–H groups in total. The number of fused-ring (bicyclic) bond motifs is 1. The van der Waals surface area contributed by atoms with E-state index in [2.05, 4.69) is 6.07 Å². The molecule has 29 heavy (non-hydrogen) atoms. The number of hydrogen-bond donors (Lipinski definition) is 1. The fourth-order valence-corrected chi connectivity index (χ4v) is 4.14. The molecule has 5 nitrogen and oxygen atoms in total. The first-order chi connectivity index (χ1) is 14.2. The number of nitrogens with zero attached hydrogens (tertiary/aromatic N) is 2. The summed E-state index contributed by atoms with van der Waals surface area (Å²) in [5, 5.41) is 10.1. The van der Waals surface area contributed by atoms with E-state index in [1.807, 2.05) is 78.9 Å². The number of nitrogens with two attached hydrogens (primary N) is 1. The molecule has 5 heteroatoms. The van der Waals surface area contributed by atoms with Crippen molar-refractivity contribution >= 4 is 5.71 Å². The summed E-state index contributed by atoms with van der Waals surface area (Å²) < 4.78 is 11.0. The summed E-state index contributed by atoms with van der Waals surface area (Å²) in [5.41, 5.74) is 9.19. The van der Waals surface area contributed by atoms with Crippen LogP contribution < -0.4 is 15.2 Å². The van der Waals surface area contributed by atoms with E-state index in [1.54, 1.807) is 0 Å². The summed E-state index contributed by atoms with van der Waals surface area (Å²) in [4.78, 5) is 4.70. The minimum Gasteiger partial charge on any atom is -0.454 e. The van der Waals surface area contributed by atoms with E-state index < -0.39 is 5.41 Å². The number of rotatable bonds is 3. The molecule has 5 rings (SSSR count). The summed E-state index contributed by atoms with van der Waals surface area (Å²) in [5.74, 6) is 1.58. The highest BCUT2D eigenvalue weighted by molar-refractivity contribution is 6.15. The van der Waals surface area contributed by atoms with Gasteiger partial charge in [-0.15, -0.1) is 0 Å². The third-order valence-electron chi connectivity index (χ3n) is 5.39. The minimum atomic E-state index is -0.908. The predicted molar refractivity (Wildman–Crippen MR) is 110 cm³/mol. The fraction of sp³-hybridized carbons (Fsp3) is 0.0833. The summed E-state index contributed by atoms with van der Waals surface area (Å²) >= 11 is 0. The van der Waals surface area contributed by atoms with Gasteiger partial charge in [-0.05, 0) is 29.3 Å². The molecule has 0 amide bonds. The molecule has 0 bridgehead atoms. The maximum Gasteiger partial charge on any atom is 0.231 e. The summed E-state index contributed by atoms with van der Waals surface area (Å²) in [6.07, 6.45) is 0. The Bertz CT molecular complexity index is 1150. The van der Waals surface area contributed by atoms with Gasteiger partial charge in [-0.1, -0.05) is 60.7 Å². The van der Waals surface area contributed by atoms with Gasteiger partial charge < -0.3 is 15.2 Å². The first kappa shape index (κ1) is 17.1. The predicted octanol–water partition coefficient (Wildman–Crippen LogP) is 3.90. The molecular weight excluding hydrogens is 362 g/mol. The summed E-state index contributed by atoms with van der Waals surface area (Å²) in [7, 11) is 0. The highest BCUT2D eigenvalue weighted by atomic mass is 16.7. The van der Waals surface area contributed by atoms with Gasteiger partial charge in [0.1, 0.15) is 17.3 Å². The lowest BCUT2D eigenvalue weighted by Crippen LogP contribution is -2.37. The van der Waals surface area contributed by atoms with Crippen molar-refractivity contribution in [3.63, 3.8) is 0 Å². The molecule has 0 aromatic heterocycles. The van der Waals surface area contributed by atoms with Crippen molar-refractivity contribution < 1.29 is 9.47 Å². The summed E-state index contributed by atoms with van der Waals surface area (Å²) in [6.45, 7) is 0.192. The van der Waals surface area contributed by atoms with Gasteiger partial charge >= 0.3 is 0 Å². The molecular formula is C24H17N3O2. The van der Waals surface area contributed by atoms with E-state index in [0.29, 0.717) is 22.8 Å². The molecule has 0 radical (unpaired) electrons. The molecule has 2 heterocycles. The van der Waals surface area contributed by atoms with E-state index in [-0.39, 0.29) is 12.6 Å². The van der Waals surface area contributed by atoms with Crippen LogP contribution >= 0.6 is 0 Å². The Kier molecular flexibility index (Phi) is 3.85. The lowest BCUT2D eigenvalue weighted by atomic mass is 9.65. The van der Waals surface area contributed by atoms with Crippen molar-refractivity contribution in [2.75, 3.05) is 6.79 Å². The zero-order valence-corrected chi connectivity index (χ0v) is 15.5. The van der Waals surface area contributed by atoms with Gasteiger partial charge in [-0.25, -0.2) is 4.99 Å². The molecule has 0 spiro atoms. The van der Waals surface area contributed by atoms with Crippen LogP contribution in [0.5, 0.6) is 11.5 Å². The van der Waals surface area contributed by atoms with Crippen molar-refractivity contribution in [2.45, 2.75) is 5.41 Å². The Morgan fingerprint density at radius 1 is 0.862 bits per heavy atom. The second-order valence-corrected chi connectivity index (χ2v) is 6.88. The standard InChI is InChI=1S/C24H17N3O2/c25-14-19-23(26)27-22(16-11-12-20-21(13-16)29-15-28-20)24(19,17-7-3-1-4-8-17)18-9-5-2-6-10-18/h1-13H,15,26H2. The van der Waals surface area contributed by atoms with E-state index in [0.717, 1.165) is 16.7 Å². The molecule has 2 aliphatic heterocycles. The zero-order valence-electron chi connectivity index (χ0n) is 15.5. The second kappa shape index (κ2) is 6.54. The van der Waals surface area contributed by atoms with Crippen LogP contribution in [0.25, 0.3) is 0 Å². The monoisotopic (exact) mass is 379 g/mol. The number of benzene rings is 3. The van der Waals surface area contributed by atoms with Crippen LogP contribution in [0, 0.1) is 11.3 Å². The third kappa shape index (κ3) is 2.43. The molecule has 0 saturated carbocycles. The Morgan fingerprint density at radius 2 is 1.48 bits per heavy atom. The van der Waals surface area contributed by atoms with Gasteiger partial charge in [0.15, 0.2) is 11.5 Å². The lowest BCUT2D eigenvalue weighted by Gasteiger charge is -2.33. The van der Waals surface area contributed by atoms with Crippen LogP contribution in [0.15, 0.2) is 95.2 Å². The highest BCUT2D eigenvalue weighted by Crippen LogP contribution is 2.47. The van der Waals surface area contributed by atoms with Crippen LogP contribution in [0.3, 0.4) is 0 Å². The zero-order chi connectivity index (χ0) is 19.8. The number of allylic oxidation sites excluding steroid dienone is 1. The highest BCUT2D eigenvalue weighted by Gasteiger charge is 2.49. The molecule has 3 aromatic carbocycles. The van der Waals surface area contributed by atoms with Crippen molar-refractivity contribution in [2.24, 2.45) is 10.7 Å². The molecule has 0 saturated heterocycles. The van der Waals surface area contributed by atoms with Crippen LogP contribution in [0.4, 0.5) is 0 Å². The quantitative estimate of drug-likeness (QED) is 0.748. The largest absolute Gasteiger partial charge is 0.454 e. The van der Waals surface area contributed by atoms with E-state index in [9.17, 15) is 5.26 Å². The molecule has 2 aliphatic rings. The van der Waals surface area contributed by atoms with Gasteiger partial charge in [0.25, 0.3) is 0 Å². The van der Waals surface area contributed by atoms with Crippen LogP contribution in [-0.4, -0.2) is 12.5 Å². The third-order valence-corrected chi connectivity index (χ3v) is 5.39. The van der Waals surface area contributed by atoms with Crippen molar-refractivity contribution in [1.29, 1.82) is 5.26 Å². The van der Waals surface area contributed by atoms with Gasteiger partial charge in [0, 0.05) is 5.56 Å². The molecule has 0 fully saturated rings. The molecule has 140 valence electrons. The topological polar surface area (TPSA) is 80.6 Å². The first-order valence-electron chi connectivity index (χ1n) is 9.25. The van der Waals surface area contributed by atoms with Crippen LogP contribution in [0.1, 0.15) is 16.7 Å². The van der Waals surface area contributed by atoms with E-state index >= 15 is 0 Å². The first-order valence-corrected chi connectivity index (χ1v) is 9.25. The van der Waals surface area contributed by atoms with Crippen molar-refractivity contribution in [3.05, 3.63) is 107 Å². The number of ether oxygens (including phenoxy) is 2. The second-order valence-electron chi connectivity index (χ2n) is 6.88. The normalized spacial score (nSPS) is 16.4. The average molecular weight is 379 g/mol. The Balaban J connectivity index is 1.83. The SMILES string of the molecule is N#CC1=C(N)N=C(c2ccc3c(c2)OCO3)C1(c1ccccc1)c1ccccc1. The van der Waals surface area contributed by atoms with Gasteiger partial charge in [0.05, 0.1) is 11.3 Å². The maximum absolute atomic E-state index is 10.1. The van der Waals surface area contributed by atoms with E-state index in [4.69, 9.17) is 20.2 Å². The van der Waals surface area contributed by atoms with Crippen molar-refractivity contribution in [3.8, 4) is 17.6 Å². The molecule has 0 unspecified atom stereocenters. The van der Waals surface area contributed by atoms with Gasteiger partial charge in [-0.3, -0.25) is 0 Å². The number of hydrogen-bond acceptors (Lipinski definition) is 5. The minimum absolute atomic E-state index is 0.192. The number of aliphatic imine (C=N–C) groups is 1. The van der Waals surface area contributed by atoms with Crippen molar-refractivity contribution in [1.82, 2.24) is 0 Å². The summed E-state index contributed by atoms with van der Waals surface area (Å²) in [6, 6.07) is 27.8. The lowest BCUT2D eigenvalue weighted by molar-refractivity contribution is 0.174. The average Bonchev–Trinajstić information content (AvgIpc) is 3.36. The Morgan fingerprint density at radius 3 is 2.10 bits per heavy atom. The Labute approximate surface area is 168 Å².